The van der Waals surface area contributed by atoms with Crippen molar-refractivity contribution in [3.8, 4) is 0 Å². The maximum absolute atomic E-state index is 12.5. The lowest BCUT2D eigenvalue weighted by atomic mass is 10.1. The van der Waals surface area contributed by atoms with E-state index in [9.17, 15) is 22.0 Å². The molecule has 0 unspecified atom stereocenters. The third-order valence-corrected chi connectivity index (χ3v) is 4.82. The Hall–Kier alpha value is -1.15. The average Bonchev–Trinajstić information content (AvgIpc) is 2.92. The van der Waals surface area contributed by atoms with E-state index in [2.05, 4.69) is 5.32 Å². The zero-order chi connectivity index (χ0) is 15.8. The molecule has 0 aliphatic heterocycles. The van der Waals surface area contributed by atoms with E-state index in [4.69, 9.17) is 10.7 Å². The molecule has 0 spiro atoms. The summed E-state index contributed by atoms with van der Waals surface area (Å²) in [6.07, 6.45) is 0.220. The molecule has 1 fully saturated rings. The molecule has 21 heavy (non-hydrogen) atoms. The fourth-order valence-corrected chi connectivity index (χ4v) is 2.64. The monoisotopic (exact) mass is 340 g/mol. The lowest BCUT2D eigenvalue weighted by molar-refractivity contribution is 0.0923. The highest BCUT2D eigenvalue weighted by atomic mass is 35.7. The highest BCUT2D eigenvalue weighted by molar-refractivity contribution is 8.13. The number of halogens is 3. The molecular formula is C12H15ClF2N2O3S. The van der Waals surface area contributed by atoms with Crippen LogP contribution < -0.4 is 5.32 Å². The molecule has 0 aromatic carbocycles. The van der Waals surface area contributed by atoms with Gasteiger partial charge in [0.1, 0.15) is 10.6 Å². The third kappa shape index (κ3) is 4.16. The Morgan fingerprint density at radius 2 is 2.14 bits per heavy atom. The minimum Gasteiger partial charge on any atom is -0.350 e. The minimum absolute atomic E-state index is 0.0528. The number of rotatable bonds is 6. The van der Waals surface area contributed by atoms with Gasteiger partial charge < -0.3 is 9.88 Å². The maximum Gasteiger partial charge on any atom is 0.267 e. The van der Waals surface area contributed by atoms with Crippen molar-refractivity contribution in [3.63, 3.8) is 0 Å². The van der Waals surface area contributed by atoms with E-state index < -0.39 is 27.9 Å². The van der Waals surface area contributed by atoms with Gasteiger partial charge in [0.15, 0.2) is 0 Å². The SMILES string of the molecule is CC1(CNC(=O)c2cc(S(=O)(=O)Cl)cn2CC(F)F)CC1. The summed E-state index contributed by atoms with van der Waals surface area (Å²) in [5, 5.41) is 2.64. The molecule has 118 valence electrons. The molecule has 0 saturated heterocycles. The van der Waals surface area contributed by atoms with Gasteiger partial charge in [-0.2, -0.15) is 0 Å². The van der Waals surface area contributed by atoms with Crippen molar-refractivity contribution in [2.24, 2.45) is 5.41 Å². The lowest BCUT2D eigenvalue weighted by Crippen LogP contribution is -2.31. The van der Waals surface area contributed by atoms with Gasteiger partial charge in [-0.1, -0.05) is 6.92 Å². The number of hydrogen-bond donors (Lipinski definition) is 1. The van der Waals surface area contributed by atoms with Crippen LogP contribution in [0.3, 0.4) is 0 Å². The maximum atomic E-state index is 12.5. The molecular weight excluding hydrogens is 326 g/mol. The van der Waals surface area contributed by atoms with Gasteiger partial charge in [0.05, 0.1) is 6.54 Å². The predicted molar refractivity (Wildman–Crippen MR) is 73.1 cm³/mol. The van der Waals surface area contributed by atoms with Gasteiger partial charge in [0, 0.05) is 23.4 Å². The minimum atomic E-state index is -4.08. The summed E-state index contributed by atoms with van der Waals surface area (Å²) in [6.45, 7) is 1.65. The summed E-state index contributed by atoms with van der Waals surface area (Å²) >= 11 is 0. The van der Waals surface area contributed by atoms with Gasteiger partial charge in [0.2, 0.25) is 0 Å². The molecule has 0 atom stereocenters. The van der Waals surface area contributed by atoms with E-state index >= 15 is 0 Å². The molecule has 9 heteroatoms. The van der Waals surface area contributed by atoms with Crippen molar-refractivity contribution in [3.05, 3.63) is 18.0 Å². The number of nitrogens with one attached hydrogen (secondary N) is 1. The number of hydrogen-bond acceptors (Lipinski definition) is 3. The fraction of sp³-hybridized carbons (Fsp3) is 0.583. The van der Waals surface area contributed by atoms with Crippen molar-refractivity contribution in [2.45, 2.75) is 37.6 Å². The summed E-state index contributed by atoms with van der Waals surface area (Å²) in [5.74, 6) is -0.588. The predicted octanol–water partition coefficient (Wildman–Crippen LogP) is 2.21. The second-order valence-corrected chi connectivity index (χ2v) is 8.10. The van der Waals surface area contributed by atoms with Crippen LogP contribution in [0.4, 0.5) is 8.78 Å². The van der Waals surface area contributed by atoms with Crippen LogP contribution in [-0.4, -0.2) is 31.9 Å². The number of aromatic nitrogens is 1. The van der Waals surface area contributed by atoms with Gasteiger partial charge >= 0.3 is 0 Å². The van der Waals surface area contributed by atoms with Crippen LogP contribution >= 0.6 is 10.7 Å². The summed E-state index contributed by atoms with van der Waals surface area (Å²) in [4.78, 5) is 11.7. The molecule has 1 aromatic rings. The van der Waals surface area contributed by atoms with Gasteiger partial charge in [0.25, 0.3) is 21.4 Å². The Balaban J connectivity index is 2.22. The second-order valence-electron chi connectivity index (χ2n) is 5.54. The first-order valence-corrected chi connectivity index (χ1v) is 8.63. The highest BCUT2D eigenvalue weighted by Crippen LogP contribution is 2.44. The van der Waals surface area contributed by atoms with Crippen LogP contribution in [0.2, 0.25) is 0 Å². The number of nitrogens with zero attached hydrogens (tertiary/aromatic N) is 1. The van der Waals surface area contributed by atoms with Gasteiger partial charge in [-0.05, 0) is 24.3 Å². The topological polar surface area (TPSA) is 68.2 Å². The molecule has 0 bridgehead atoms. The molecule has 1 N–H and O–H groups in total. The van der Waals surface area contributed by atoms with Crippen molar-refractivity contribution >= 4 is 25.6 Å². The van der Waals surface area contributed by atoms with Crippen LogP contribution in [0, 0.1) is 5.41 Å². The molecule has 5 nitrogen and oxygen atoms in total. The van der Waals surface area contributed by atoms with E-state index in [-0.39, 0.29) is 16.0 Å². The van der Waals surface area contributed by atoms with Crippen LogP contribution in [0.15, 0.2) is 17.2 Å². The number of alkyl halides is 2. The summed E-state index contributed by atoms with van der Waals surface area (Å²) < 4.78 is 48.5. The first-order chi connectivity index (χ1) is 9.61. The van der Waals surface area contributed by atoms with Crippen molar-refractivity contribution in [1.82, 2.24) is 9.88 Å². The van der Waals surface area contributed by atoms with Crippen LogP contribution in [0.5, 0.6) is 0 Å². The Bertz CT molecular complexity index is 653. The van der Waals surface area contributed by atoms with E-state index in [1.165, 1.54) is 0 Å². The lowest BCUT2D eigenvalue weighted by Gasteiger charge is -2.12. The Morgan fingerprint density at radius 3 is 2.62 bits per heavy atom. The first-order valence-electron chi connectivity index (χ1n) is 6.32. The molecule has 0 radical (unpaired) electrons. The van der Waals surface area contributed by atoms with E-state index in [1.807, 2.05) is 6.92 Å². The molecule has 2 rings (SSSR count). The van der Waals surface area contributed by atoms with Crippen molar-refractivity contribution < 1.29 is 22.0 Å². The third-order valence-electron chi connectivity index (χ3n) is 3.50. The smallest absolute Gasteiger partial charge is 0.267 e. The number of carbonyl (C=O) groups excluding carboxylic acids is 1. The first kappa shape index (κ1) is 16.2. The quantitative estimate of drug-likeness (QED) is 0.807. The van der Waals surface area contributed by atoms with Crippen molar-refractivity contribution in [1.29, 1.82) is 0 Å². The standard InChI is InChI=1S/C12H15ClF2N2O3S/c1-12(2-3-12)7-16-11(18)9-4-8(21(13,19)20)5-17(9)6-10(14)15/h4-5,10H,2-3,6-7H2,1H3,(H,16,18). The van der Waals surface area contributed by atoms with E-state index in [0.29, 0.717) is 6.54 Å². The number of amides is 1. The average molecular weight is 341 g/mol. The molecule has 1 aliphatic rings. The molecule has 1 aliphatic carbocycles. The summed E-state index contributed by atoms with van der Waals surface area (Å²) in [7, 11) is 1.11. The van der Waals surface area contributed by atoms with Crippen LogP contribution in [-0.2, 0) is 15.6 Å². The van der Waals surface area contributed by atoms with E-state index in [1.54, 1.807) is 0 Å². The van der Waals surface area contributed by atoms with Crippen LogP contribution in [0.25, 0.3) is 0 Å². The highest BCUT2D eigenvalue weighted by Gasteiger charge is 2.37. The zero-order valence-corrected chi connectivity index (χ0v) is 12.8. The van der Waals surface area contributed by atoms with Gasteiger partial charge in [-0.25, -0.2) is 17.2 Å². The largest absolute Gasteiger partial charge is 0.350 e. The molecule has 1 aromatic heterocycles. The zero-order valence-electron chi connectivity index (χ0n) is 11.3. The number of carbonyl (C=O) groups is 1. The normalized spacial score (nSPS) is 17.0. The fourth-order valence-electron chi connectivity index (χ4n) is 1.88. The second kappa shape index (κ2) is 5.57. The van der Waals surface area contributed by atoms with Gasteiger partial charge in [-0.3, -0.25) is 4.79 Å². The Kier molecular flexibility index (Phi) is 4.30. The van der Waals surface area contributed by atoms with Crippen LogP contribution in [0.1, 0.15) is 30.3 Å². The summed E-state index contributed by atoms with van der Waals surface area (Å²) in [5.41, 5.74) is -0.0873. The molecule has 1 heterocycles. The van der Waals surface area contributed by atoms with E-state index in [0.717, 1.165) is 29.7 Å². The molecule has 1 saturated carbocycles. The Labute approximate surface area is 125 Å². The Morgan fingerprint density at radius 1 is 1.52 bits per heavy atom. The summed E-state index contributed by atoms with van der Waals surface area (Å²) in [6, 6.07) is 1.01. The van der Waals surface area contributed by atoms with Gasteiger partial charge in [-0.15, -0.1) is 0 Å². The van der Waals surface area contributed by atoms with Crippen molar-refractivity contribution in [2.75, 3.05) is 6.54 Å². The molecule has 1 amide bonds.